The zero-order valence-electron chi connectivity index (χ0n) is 11.1. The van der Waals surface area contributed by atoms with Gasteiger partial charge in [0.2, 0.25) is 11.8 Å². The maximum Gasteiger partial charge on any atom is 0.242 e. The predicted octanol–water partition coefficient (Wildman–Crippen LogP) is 0.439. The second kappa shape index (κ2) is 9.16. The Balaban J connectivity index is 0.00000289. The molecule has 18 heavy (non-hydrogen) atoms. The van der Waals surface area contributed by atoms with Crippen molar-refractivity contribution in [3.05, 3.63) is 0 Å². The predicted molar refractivity (Wildman–Crippen MR) is 73.7 cm³/mol. The van der Waals surface area contributed by atoms with Crippen LogP contribution >= 0.6 is 12.4 Å². The monoisotopic (exact) mass is 277 g/mol. The highest BCUT2D eigenvalue weighted by molar-refractivity contribution is 5.87. The van der Waals surface area contributed by atoms with E-state index < -0.39 is 6.04 Å². The van der Waals surface area contributed by atoms with Crippen LogP contribution in [0.25, 0.3) is 0 Å². The third-order valence-corrected chi connectivity index (χ3v) is 3.05. The van der Waals surface area contributed by atoms with Gasteiger partial charge in [0, 0.05) is 13.0 Å². The minimum atomic E-state index is -0.441. The molecule has 6 heteroatoms. The summed E-state index contributed by atoms with van der Waals surface area (Å²) in [6.45, 7) is 6.15. The second-order valence-corrected chi connectivity index (χ2v) is 4.58. The van der Waals surface area contributed by atoms with Crippen molar-refractivity contribution in [2.75, 3.05) is 19.6 Å². The Bertz CT molecular complexity index is 268. The summed E-state index contributed by atoms with van der Waals surface area (Å²) in [7, 11) is 0. The van der Waals surface area contributed by atoms with Gasteiger partial charge in [-0.25, -0.2) is 0 Å². The topological polar surface area (TPSA) is 70.2 Å². The number of likely N-dealkylation sites (N-methyl/N-ethyl adjacent to an activating group) is 1. The van der Waals surface area contributed by atoms with Gasteiger partial charge in [0.05, 0.1) is 0 Å². The molecule has 0 aliphatic carbocycles. The Morgan fingerprint density at radius 2 is 1.94 bits per heavy atom. The number of carbonyl (C=O) groups excluding carboxylic acids is 2. The summed E-state index contributed by atoms with van der Waals surface area (Å²) in [5.74, 6) is 0.319. The summed E-state index contributed by atoms with van der Waals surface area (Å²) >= 11 is 0. The van der Waals surface area contributed by atoms with Crippen LogP contribution in [0.1, 0.15) is 33.1 Å². The van der Waals surface area contributed by atoms with Gasteiger partial charge < -0.3 is 16.0 Å². The lowest BCUT2D eigenvalue weighted by atomic mass is 9.94. The van der Waals surface area contributed by atoms with E-state index in [0.29, 0.717) is 18.9 Å². The average molecular weight is 278 g/mol. The minimum absolute atomic E-state index is 0. The fourth-order valence-electron chi connectivity index (χ4n) is 2.04. The number of piperidine rings is 1. The molecule has 0 aromatic heterocycles. The number of hydrogen-bond acceptors (Lipinski definition) is 3. The zero-order chi connectivity index (χ0) is 12.7. The van der Waals surface area contributed by atoms with Crippen molar-refractivity contribution < 1.29 is 9.59 Å². The SMILES string of the molecule is CCNC(=O)C(C)NC(=O)CC1CCNCC1.Cl. The van der Waals surface area contributed by atoms with Crippen LogP contribution in [0.4, 0.5) is 0 Å². The summed E-state index contributed by atoms with van der Waals surface area (Å²) in [5.41, 5.74) is 0. The molecule has 0 saturated carbocycles. The van der Waals surface area contributed by atoms with Gasteiger partial charge in [-0.3, -0.25) is 9.59 Å². The molecule has 0 radical (unpaired) electrons. The Hall–Kier alpha value is -0.810. The van der Waals surface area contributed by atoms with Crippen molar-refractivity contribution in [3.63, 3.8) is 0 Å². The first-order chi connectivity index (χ1) is 8.13. The molecule has 1 aliphatic heterocycles. The van der Waals surface area contributed by atoms with Crippen molar-refractivity contribution in [2.24, 2.45) is 5.92 Å². The second-order valence-electron chi connectivity index (χ2n) is 4.58. The fourth-order valence-corrected chi connectivity index (χ4v) is 2.04. The molecule has 1 fully saturated rings. The Kier molecular flexibility index (Phi) is 8.75. The fraction of sp³-hybridized carbons (Fsp3) is 0.833. The third kappa shape index (κ3) is 6.21. The quantitative estimate of drug-likeness (QED) is 0.683. The molecule has 106 valence electrons. The van der Waals surface area contributed by atoms with Gasteiger partial charge in [-0.05, 0) is 45.7 Å². The van der Waals surface area contributed by atoms with Gasteiger partial charge in [-0.2, -0.15) is 0 Å². The molecule has 0 spiro atoms. The lowest BCUT2D eigenvalue weighted by Gasteiger charge is -2.22. The number of rotatable bonds is 5. The van der Waals surface area contributed by atoms with Gasteiger partial charge in [0.1, 0.15) is 6.04 Å². The number of amides is 2. The molecule has 1 rings (SSSR count). The molecular weight excluding hydrogens is 254 g/mol. The van der Waals surface area contributed by atoms with E-state index in [-0.39, 0.29) is 24.2 Å². The van der Waals surface area contributed by atoms with Crippen molar-refractivity contribution in [1.82, 2.24) is 16.0 Å². The van der Waals surface area contributed by atoms with E-state index in [1.807, 2.05) is 6.92 Å². The average Bonchev–Trinajstić information content (AvgIpc) is 2.30. The first-order valence-corrected chi connectivity index (χ1v) is 6.41. The lowest BCUT2D eigenvalue weighted by Crippen LogP contribution is -2.45. The third-order valence-electron chi connectivity index (χ3n) is 3.05. The zero-order valence-corrected chi connectivity index (χ0v) is 11.9. The molecule has 2 amide bonds. The normalized spacial score (nSPS) is 17.4. The van der Waals surface area contributed by atoms with E-state index in [0.717, 1.165) is 25.9 Å². The van der Waals surface area contributed by atoms with E-state index in [9.17, 15) is 9.59 Å². The summed E-state index contributed by atoms with van der Waals surface area (Å²) in [5, 5.41) is 8.70. The maximum atomic E-state index is 11.7. The van der Waals surface area contributed by atoms with Crippen LogP contribution in [0.5, 0.6) is 0 Å². The number of nitrogens with one attached hydrogen (secondary N) is 3. The first-order valence-electron chi connectivity index (χ1n) is 6.41. The standard InChI is InChI=1S/C12H23N3O2.ClH/c1-3-14-12(17)9(2)15-11(16)8-10-4-6-13-7-5-10;/h9-10,13H,3-8H2,1-2H3,(H,14,17)(H,15,16);1H. The van der Waals surface area contributed by atoms with Gasteiger partial charge in [0.15, 0.2) is 0 Å². The van der Waals surface area contributed by atoms with Crippen LogP contribution in [0, 0.1) is 5.92 Å². The highest BCUT2D eigenvalue weighted by Gasteiger charge is 2.19. The molecule has 1 saturated heterocycles. The van der Waals surface area contributed by atoms with Crippen LogP contribution < -0.4 is 16.0 Å². The van der Waals surface area contributed by atoms with Crippen molar-refractivity contribution in [2.45, 2.75) is 39.2 Å². The summed E-state index contributed by atoms with van der Waals surface area (Å²) < 4.78 is 0. The summed E-state index contributed by atoms with van der Waals surface area (Å²) in [4.78, 5) is 23.2. The smallest absolute Gasteiger partial charge is 0.242 e. The van der Waals surface area contributed by atoms with Crippen LogP contribution in [0.2, 0.25) is 0 Å². The van der Waals surface area contributed by atoms with Crippen molar-refractivity contribution in [1.29, 1.82) is 0 Å². The van der Waals surface area contributed by atoms with Gasteiger partial charge >= 0.3 is 0 Å². The van der Waals surface area contributed by atoms with Gasteiger partial charge in [0.25, 0.3) is 0 Å². The van der Waals surface area contributed by atoms with Crippen LogP contribution in [0.3, 0.4) is 0 Å². The molecule has 1 atom stereocenters. The minimum Gasteiger partial charge on any atom is -0.355 e. The highest BCUT2D eigenvalue weighted by atomic mass is 35.5. The maximum absolute atomic E-state index is 11.7. The van der Waals surface area contributed by atoms with Gasteiger partial charge in [-0.15, -0.1) is 12.4 Å². The molecule has 1 aliphatic rings. The number of hydrogen-bond donors (Lipinski definition) is 3. The largest absolute Gasteiger partial charge is 0.355 e. The Morgan fingerprint density at radius 1 is 1.33 bits per heavy atom. The lowest BCUT2D eigenvalue weighted by molar-refractivity contribution is -0.129. The molecule has 1 unspecified atom stereocenters. The van der Waals surface area contributed by atoms with E-state index in [1.54, 1.807) is 6.92 Å². The first kappa shape index (κ1) is 17.2. The van der Waals surface area contributed by atoms with Crippen LogP contribution in [-0.2, 0) is 9.59 Å². The van der Waals surface area contributed by atoms with E-state index in [2.05, 4.69) is 16.0 Å². The Labute approximate surface area is 115 Å². The van der Waals surface area contributed by atoms with Crippen LogP contribution in [-0.4, -0.2) is 37.5 Å². The Morgan fingerprint density at radius 3 is 2.50 bits per heavy atom. The van der Waals surface area contributed by atoms with Crippen molar-refractivity contribution in [3.8, 4) is 0 Å². The van der Waals surface area contributed by atoms with E-state index >= 15 is 0 Å². The summed E-state index contributed by atoms with van der Waals surface area (Å²) in [6, 6.07) is -0.441. The molecular formula is C12H24ClN3O2. The van der Waals surface area contributed by atoms with Crippen LogP contribution in [0.15, 0.2) is 0 Å². The highest BCUT2D eigenvalue weighted by Crippen LogP contribution is 2.15. The molecule has 3 N–H and O–H groups in total. The van der Waals surface area contributed by atoms with Crippen molar-refractivity contribution >= 4 is 24.2 Å². The van der Waals surface area contributed by atoms with Gasteiger partial charge in [-0.1, -0.05) is 0 Å². The number of halogens is 1. The molecule has 0 aromatic carbocycles. The molecule has 1 heterocycles. The molecule has 0 aromatic rings. The van der Waals surface area contributed by atoms with E-state index in [1.165, 1.54) is 0 Å². The molecule has 5 nitrogen and oxygen atoms in total. The number of carbonyl (C=O) groups is 2. The summed E-state index contributed by atoms with van der Waals surface area (Å²) in [6.07, 6.45) is 2.62. The van der Waals surface area contributed by atoms with E-state index in [4.69, 9.17) is 0 Å². The molecule has 0 bridgehead atoms.